The molecule has 3 nitrogen and oxygen atoms in total. The van der Waals surface area contributed by atoms with Crippen LogP contribution in [0.4, 0.5) is 10.1 Å². The van der Waals surface area contributed by atoms with Crippen LogP contribution < -0.4 is 9.47 Å². The lowest BCUT2D eigenvalue weighted by molar-refractivity contribution is -0.642. The van der Waals surface area contributed by atoms with Crippen LogP contribution in [0.25, 0.3) is 22.4 Å². The van der Waals surface area contributed by atoms with Crippen molar-refractivity contribution in [3.63, 3.8) is 0 Å². The van der Waals surface area contributed by atoms with Gasteiger partial charge in [-0.3, -0.25) is 0 Å². The van der Waals surface area contributed by atoms with Crippen LogP contribution in [0.1, 0.15) is 23.4 Å². The molecule has 26 heavy (non-hydrogen) atoms. The Morgan fingerprint density at radius 1 is 1.23 bits per heavy atom. The first-order chi connectivity index (χ1) is 12.7. The lowest BCUT2D eigenvalue weighted by atomic mass is 10.1. The van der Waals surface area contributed by atoms with Crippen molar-refractivity contribution in [3.8, 4) is 0 Å². The van der Waals surface area contributed by atoms with E-state index in [2.05, 4.69) is 41.3 Å². The van der Waals surface area contributed by atoms with Crippen LogP contribution in [0.15, 0.2) is 42.5 Å². The molecule has 1 unspecified atom stereocenters. The van der Waals surface area contributed by atoms with Crippen molar-refractivity contribution in [2.45, 2.75) is 18.9 Å². The Morgan fingerprint density at radius 3 is 2.81 bits per heavy atom. The zero-order chi connectivity index (χ0) is 18.1. The van der Waals surface area contributed by atoms with Gasteiger partial charge in [-0.1, -0.05) is 23.5 Å². The third-order valence-electron chi connectivity index (χ3n) is 5.06. The Balaban J connectivity index is 1.55. The molecule has 2 aromatic carbocycles. The molecule has 0 bridgehead atoms. The van der Waals surface area contributed by atoms with Crippen LogP contribution in [0.3, 0.4) is 0 Å². The summed E-state index contributed by atoms with van der Waals surface area (Å²) in [6.07, 6.45) is 6.35. The molecular weight excluding hydrogens is 347 g/mol. The molecule has 1 saturated heterocycles. The van der Waals surface area contributed by atoms with Crippen LogP contribution in [-0.4, -0.2) is 24.3 Å². The van der Waals surface area contributed by atoms with Gasteiger partial charge < -0.3 is 10.0 Å². The highest BCUT2D eigenvalue weighted by atomic mass is 32.1. The zero-order valence-corrected chi connectivity index (χ0v) is 15.5. The molecule has 0 spiro atoms. The molecule has 0 amide bonds. The van der Waals surface area contributed by atoms with Crippen molar-refractivity contribution in [2.75, 3.05) is 18.1 Å². The lowest BCUT2D eigenvalue weighted by Gasteiger charge is -2.25. The first-order valence-corrected chi connectivity index (χ1v) is 9.71. The quantitative estimate of drug-likeness (QED) is 0.704. The maximum Gasteiger partial charge on any atom is 0.262 e. The molecule has 5 heteroatoms. The fourth-order valence-electron chi connectivity index (χ4n) is 3.59. The van der Waals surface area contributed by atoms with E-state index in [0.29, 0.717) is 0 Å². The van der Waals surface area contributed by atoms with E-state index in [-0.39, 0.29) is 18.5 Å². The predicted octanol–water partition coefficient (Wildman–Crippen LogP) is 4.00. The Hall–Kier alpha value is -2.24. The molecule has 1 aromatic heterocycles. The topological polar surface area (TPSA) is 27.4 Å². The summed E-state index contributed by atoms with van der Waals surface area (Å²) < 4.78 is 16.5. The minimum atomic E-state index is -0.208. The summed E-state index contributed by atoms with van der Waals surface area (Å²) in [6.45, 7) is 1.22. The van der Waals surface area contributed by atoms with E-state index in [4.69, 9.17) is 0 Å². The fraction of sp³-hybridized carbons (Fsp3) is 0.286. The third-order valence-corrected chi connectivity index (χ3v) is 6.24. The first kappa shape index (κ1) is 17.2. The average Bonchev–Trinajstić information content (AvgIpc) is 3.25. The molecule has 1 aliphatic heterocycles. The average molecular weight is 369 g/mol. The van der Waals surface area contributed by atoms with E-state index < -0.39 is 0 Å². The second-order valence-corrected chi connectivity index (χ2v) is 7.77. The minimum Gasteiger partial charge on any atom is -0.394 e. The minimum absolute atomic E-state index is 0.208. The molecule has 134 valence electrons. The Morgan fingerprint density at radius 2 is 2.04 bits per heavy atom. The van der Waals surface area contributed by atoms with Gasteiger partial charge in [-0.25, -0.2) is 4.39 Å². The summed E-state index contributed by atoms with van der Waals surface area (Å²) in [7, 11) is 1.96. The number of hydrogen-bond donors (Lipinski definition) is 1. The smallest absolute Gasteiger partial charge is 0.262 e. The number of thiazole rings is 1. The Bertz CT molecular complexity index is 949. The number of nitrogens with zero attached hydrogens (tertiary/aromatic N) is 2. The second-order valence-electron chi connectivity index (χ2n) is 6.71. The zero-order valence-electron chi connectivity index (χ0n) is 14.7. The fourth-order valence-corrected chi connectivity index (χ4v) is 4.63. The summed E-state index contributed by atoms with van der Waals surface area (Å²) in [6, 6.07) is 13.6. The van der Waals surface area contributed by atoms with Crippen molar-refractivity contribution < 1.29 is 14.1 Å². The molecule has 1 aliphatic rings. The third kappa shape index (κ3) is 3.24. The van der Waals surface area contributed by atoms with Gasteiger partial charge in [0.25, 0.3) is 5.01 Å². The van der Waals surface area contributed by atoms with Crippen molar-refractivity contribution in [1.29, 1.82) is 0 Å². The lowest BCUT2D eigenvalue weighted by Crippen LogP contribution is -2.31. The number of aromatic nitrogens is 1. The van der Waals surface area contributed by atoms with Gasteiger partial charge >= 0.3 is 0 Å². The molecule has 1 atom stereocenters. The van der Waals surface area contributed by atoms with Gasteiger partial charge in [0.05, 0.1) is 12.6 Å². The normalized spacial score (nSPS) is 17.7. The molecular formula is C21H22FN2OS+. The molecule has 0 saturated carbocycles. The van der Waals surface area contributed by atoms with Gasteiger partial charge in [0, 0.05) is 24.4 Å². The van der Waals surface area contributed by atoms with E-state index in [1.165, 1.54) is 11.8 Å². The largest absolute Gasteiger partial charge is 0.394 e. The van der Waals surface area contributed by atoms with Crippen molar-refractivity contribution in [1.82, 2.24) is 0 Å². The number of halogens is 1. The summed E-state index contributed by atoms with van der Waals surface area (Å²) in [5.41, 5.74) is 3.20. The maximum atomic E-state index is 13.4. The first-order valence-electron chi connectivity index (χ1n) is 8.89. The van der Waals surface area contributed by atoms with Crippen LogP contribution in [0.5, 0.6) is 0 Å². The van der Waals surface area contributed by atoms with Gasteiger partial charge in [-0.2, -0.15) is 4.57 Å². The highest BCUT2D eigenvalue weighted by Crippen LogP contribution is 2.26. The van der Waals surface area contributed by atoms with Gasteiger partial charge in [-0.05, 0) is 48.7 Å². The van der Waals surface area contributed by atoms with E-state index in [1.54, 1.807) is 17.4 Å². The van der Waals surface area contributed by atoms with Gasteiger partial charge in [0.15, 0.2) is 0 Å². The monoisotopic (exact) mass is 369 g/mol. The highest BCUT2D eigenvalue weighted by molar-refractivity contribution is 7.18. The number of benzene rings is 2. The van der Waals surface area contributed by atoms with E-state index in [9.17, 15) is 9.50 Å². The molecule has 4 rings (SSSR count). The van der Waals surface area contributed by atoms with Crippen LogP contribution in [0.2, 0.25) is 0 Å². The number of anilines is 1. The number of aliphatic hydroxyl groups is 1. The van der Waals surface area contributed by atoms with Crippen molar-refractivity contribution in [3.05, 3.63) is 58.9 Å². The summed E-state index contributed by atoms with van der Waals surface area (Å²) >= 11 is 1.65. The SMILES string of the molecule is C[n+]1c(C=Cc2ccc(N3CCCC3CO)cc2)sc2ccc(F)cc21. The molecule has 2 heterocycles. The Labute approximate surface area is 156 Å². The van der Waals surface area contributed by atoms with E-state index in [0.717, 1.165) is 40.2 Å². The van der Waals surface area contributed by atoms with Gasteiger partial charge in [0.1, 0.15) is 17.6 Å². The number of fused-ring (bicyclic) bond motifs is 1. The predicted molar refractivity (Wildman–Crippen MR) is 106 cm³/mol. The van der Waals surface area contributed by atoms with Gasteiger partial charge in [0.2, 0.25) is 5.52 Å². The summed E-state index contributed by atoms with van der Waals surface area (Å²) in [5, 5.41) is 10.6. The second kappa shape index (κ2) is 7.17. The molecule has 1 fully saturated rings. The number of aryl methyl sites for hydroxylation is 1. The molecule has 0 aliphatic carbocycles. The summed E-state index contributed by atoms with van der Waals surface area (Å²) in [5.74, 6) is -0.208. The molecule has 1 N–H and O–H groups in total. The summed E-state index contributed by atoms with van der Waals surface area (Å²) in [4.78, 5) is 2.29. The van der Waals surface area contributed by atoms with Crippen molar-refractivity contribution >= 4 is 39.4 Å². The van der Waals surface area contributed by atoms with Crippen LogP contribution in [0, 0.1) is 5.82 Å². The van der Waals surface area contributed by atoms with Crippen molar-refractivity contribution in [2.24, 2.45) is 7.05 Å². The van der Waals surface area contributed by atoms with Crippen LogP contribution in [-0.2, 0) is 7.05 Å². The number of rotatable bonds is 4. The molecule has 0 radical (unpaired) electrons. The standard InChI is InChI=1S/C21H22FN2OS/c1-23-19-13-16(22)7-10-20(19)26-21(23)11-6-15-4-8-17(9-5-15)24-12-2-3-18(24)14-25/h4-11,13,18,25H,2-3,12,14H2,1H3/q+1. The van der Waals surface area contributed by atoms with Crippen LogP contribution >= 0.6 is 11.3 Å². The van der Waals surface area contributed by atoms with Gasteiger partial charge in [-0.15, -0.1) is 0 Å². The molecule has 3 aromatic rings. The van der Waals surface area contributed by atoms with E-state index >= 15 is 0 Å². The van der Waals surface area contributed by atoms with E-state index in [1.807, 2.05) is 17.7 Å². The Kier molecular flexibility index (Phi) is 4.74. The highest BCUT2D eigenvalue weighted by Gasteiger charge is 2.23. The number of hydrogen-bond acceptors (Lipinski definition) is 3. The number of aliphatic hydroxyl groups excluding tert-OH is 1. The maximum absolute atomic E-state index is 13.4.